The molecule has 1 aromatic heterocycles. The first kappa shape index (κ1) is 14.8. The summed E-state index contributed by atoms with van der Waals surface area (Å²) in [6.45, 7) is 0. The summed E-state index contributed by atoms with van der Waals surface area (Å²) >= 11 is 0.809. The van der Waals surface area contributed by atoms with Gasteiger partial charge in [-0.15, -0.1) is 0 Å². The molecule has 0 radical (unpaired) electrons. The second kappa shape index (κ2) is 6.32. The van der Waals surface area contributed by atoms with Crippen LogP contribution in [0.25, 0.3) is 11.3 Å². The Morgan fingerprint density at radius 2 is 1.64 bits per heavy atom. The van der Waals surface area contributed by atoms with Crippen LogP contribution in [0.4, 0.5) is 13.2 Å². The van der Waals surface area contributed by atoms with Crippen LogP contribution in [-0.2, 0) is 6.42 Å². The average molecular weight is 319 g/mol. The molecule has 3 aromatic rings. The first-order chi connectivity index (χ1) is 10.6. The van der Waals surface area contributed by atoms with Crippen LogP contribution in [0.15, 0.2) is 54.6 Å². The zero-order chi connectivity index (χ0) is 15.5. The molecular formula is C17H12F3NS. The molecule has 22 heavy (non-hydrogen) atoms. The van der Waals surface area contributed by atoms with Crippen molar-refractivity contribution >= 4 is 11.5 Å². The summed E-state index contributed by atoms with van der Waals surface area (Å²) in [7, 11) is 0. The molecule has 2 aromatic carbocycles. The van der Waals surface area contributed by atoms with Gasteiger partial charge in [-0.3, -0.25) is 0 Å². The predicted octanol–water partition coefficient (Wildman–Crippen LogP) is 5.48. The van der Waals surface area contributed by atoms with Crippen molar-refractivity contribution in [2.45, 2.75) is 12.8 Å². The van der Waals surface area contributed by atoms with Crippen molar-refractivity contribution in [3.05, 3.63) is 76.4 Å². The minimum atomic E-state index is -2.56. The monoisotopic (exact) mass is 319 g/mol. The molecule has 5 heteroatoms. The van der Waals surface area contributed by atoms with Crippen molar-refractivity contribution in [3.63, 3.8) is 0 Å². The van der Waals surface area contributed by atoms with Crippen LogP contribution in [0, 0.1) is 5.82 Å². The Hall–Kier alpha value is -2.14. The van der Waals surface area contributed by atoms with Crippen molar-refractivity contribution in [3.8, 4) is 11.3 Å². The number of nitrogens with zero attached hydrogens (tertiary/aromatic N) is 1. The van der Waals surface area contributed by atoms with Gasteiger partial charge in [-0.05, 0) is 41.4 Å². The van der Waals surface area contributed by atoms with E-state index in [-0.39, 0.29) is 10.7 Å². The van der Waals surface area contributed by atoms with Gasteiger partial charge in [0.1, 0.15) is 5.82 Å². The standard InChI is InChI=1S/C17H12F3NS/c18-13-8-6-12(7-9-13)15-14(16(17(19)20)22-21-15)10-11-4-2-1-3-5-11/h1-9,17H,10H2. The summed E-state index contributed by atoms with van der Waals surface area (Å²) in [6.07, 6.45) is -2.19. The molecule has 0 amide bonds. The van der Waals surface area contributed by atoms with E-state index in [9.17, 15) is 13.2 Å². The fourth-order valence-electron chi connectivity index (χ4n) is 2.30. The molecule has 0 atom stereocenters. The van der Waals surface area contributed by atoms with Crippen LogP contribution in [0.2, 0.25) is 0 Å². The Morgan fingerprint density at radius 1 is 0.955 bits per heavy atom. The van der Waals surface area contributed by atoms with E-state index < -0.39 is 6.43 Å². The van der Waals surface area contributed by atoms with Crippen LogP contribution < -0.4 is 0 Å². The third kappa shape index (κ3) is 3.04. The molecule has 3 rings (SSSR count). The first-order valence-corrected chi connectivity index (χ1v) is 7.49. The second-order valence-corrected chi connectivity index (χ2v) is 5.65. The molecule has 0 spiro atoms. The quantitative estimate of drug-likeness (QED) is 0.621. The highest BCUT2D eigenvalue weighted by Gasteiger charge is 2.22. The zero-order valence-electron chi connectivity index (χ0n) is 11.5. The van der Waals surface area contributed by atoms with Gasteiger partial charge in [0.05, 0.1) is 10.6 Å². The van der Waals surface area contributed by atoms with E-state index in [0.29, 0.717) is 23.2 Å². The Bertz CT molecular complexity index is 751. The molecule has 0 aliphatic carbocycles. The largest absolute Gasteiger partial charge is 0.274 e. The van der Waals surface area contributed by atoms with Crippen molar-refractivity contribution in [2.24, 2.45) is 0 Å². The molecule has 0 saturated carbocycles. The summed E-state index contributed by atoms with van der Waals surface area (Å²) in [5, 5.41) is 0. The number of aromatic nitrogens is 1. The maximum atomic E-state index is 13.2. The van der Waals surface area contributed by atoms with Gasteiger partial charge in [-0.1, -0.05) is 30.3 Å². The number of benzene rings is 2. The summed E-state index contributed by atoms with van der Waals surface area (Å²) in [5.74, 6) is -0.363. The van der Waals surface area contributed by atoms with E-state index in [0.717, 1.165) is 17.1 Å². The molecule has 0 unspecified atom stereocenters. The molecule has 0 aliphatic rings. The van der Waals surface area contributed by atoms with E-state index in [1.54, 1.807) is 12.1 Å². The number of alkyl halides is 2. The highest BCUT2D eigenvalue weighted by atomic mass is 32.1. The predicted molar refractivity (Wildman–Crippen MR) is 81.7 cm³/mol. The molecule has 1 heterocycles. The van der Waals surface area contributed by atoms with Crippen LogP contribution >= 0.6 is 11.5 Å². The van der Waals surface area contributed by atoms with Gasteiger partial charge in [0.15, 0.2) is 0 Å². The molecular weight excluding hydrogens is 307 g/mol. The number of hydrogen-bond acceptors (Lipinski definition) is 2. The Balaban J connectivity index is 2.05. The Morgan fingerprint density at radius 3 is 2.27 bits per heavy atom. The van der Waals surface area contributed by atoms with Gasteiger partial charge in [-0.2, -0.15) is 4.37 Å². The Kier molecular flexibility index (Phi) is 4.24. The van der Waals surface area contributed by atoms with Crippen LogP contribution in [0.1, 0.15) is 22.4 Å². The van der Waals surface area contributed by atoms with E-state index in [4.69, 9.17) is 0 Å². The SMILES string of the molecule is Fc1ccc(-c2nsc(C(F)F)c2Cc2ccccc2)cc1. The molecule has 0 saturated heterocycles. The van der Waals surface area contributed by atoms with E-state index >= 15 is 0 Å². The molecule has 0 fully saturated rings. The highest BCUT2D eigenvalue weighted by molar-refractivity contribution is 7.06. The number of hydrogen-bond donors (Lipinski definition) is 0. The molecule has 112 valence electrons. The molecule has 1 nitrogen and oxygen atoms in total. The van der Waals surface area contributed by atoms with Crippen LogP contribution in [0.3, 0.4) is 0 Å². The van der Waals surface area contributed by atoms with E-state index in [1.165, 1.54) is 12.1 Å². The minimum Gasteiger partial charge on any atom is -0.207 e. The summed E-state index contributed by atoms with van der Waals surface area (Å²) in [4.78, 5) is -0.0248. The Labute approximate surface area is 130 Å². The topological polar surface area (TPSA) is 12.9 Å². The third-order valence-corrected chi connectivity index (χ3v) is 4.25. The fraction of sp³-hybridized carbons (Fsp3) is 0.118. The average Bonchev–Trinajstić information content (AvgIpc) is 2.93. The van der Waals surface area contributed by atoms with Gasteiger partial charge in [-0.25, -0.2) is 13.2 Å². The maximum Gasteiger partial charge on any atom is 0.274 e. The van der Waals surface area contributed by atoms with Gasteiger partial charge in [0, 0.05) is 17.5 Å². The lowest BCUT2D eigenvalue weighted by Crippen LogP contribution is -1.94. The fourth-order valence-corrected chi connectivity index (χ4v) is 3.06. The van der Waals surface area contributed by atoms with E-state index in [1.807, 2.05) is 30.3 Å². The van der Waals surface area contributed by atoms with Gasteiger partial charge < -0.3 is 0 Å². The van der Waals surface area contributed by atoms with Crippen molar-refractivity contribution in [1.82, 2.24) is 4.37 Å². The van der Waals surface area contributed by atoms with Crippen LogP contribution in [-0.4, -0.2) is 4.37 Å². The lowest BCUT2D eigenvalue weighted by Gasteiger charge is -2.06. The third-order valence-electron chi connectivity index (χ3n) is 3.36. The maximum absolute atomic E-state index is 13.2. The number of halogens is 3. The van der Waals surface area contributed by atoms with Crippen molar-refractivity contribution in [1.29, 1.82) is 0 Å². The molecule has 0 N–H and O–H groups in total. The number of rotatable bonds is 4. The van der Waals surface area contributed by atoms with Gasteiger partial charge >= 0.3 is 0 Å². The van der Waals surface area contributed by atoms with Gasteiger partial charge in [0.25, 0.3) is 6.43 Å². The van der Waals surface area contributed by atoms with Gasteiger partial charge in [0.2, 0.25) is 0 Å². The lowest BCUT2D eigenvalue weighted by atomic mass is 9.99. The highest BCUT2D eigenvalue weighted by Crippen LogP contribution is 2.36. The smallest absolute Gasteiger partial charge is 0.207 e. The summed E-state index contributed by atoms with van der Waals surface area (Å²) in [6, 6.07) is 15.1. The minimum absolute atomic E-state index is 0.0248. The molecule has 0 aliphatic heterocycles. The second-order valence-electron chi connectivity index (χ2n) is 4.84. The normalized spacial score (nSPS) is 11.1. The van der Waals surface area contributed by atoms with Crippen molar-refractivity contribution in [2.75, 3.05) is 0 Å². The van der Waals surface area contributed by atoms with Crippen molar-refractivity contribution < 1.29 is 13.2 Å². The lowest BCUT2D eigenvalue weighted by molar-refractivity contribution is 0.155. The summed E-state index contributed by atoms with van der Waals surface area (Å²) < 4.78 is 43.7. The zero-order valence-corrected chi connectivity index (χ0v) is 12.3. The summed E-state index contributed by atoms with van der Waals surface area (Å²) in [5.41, 5.74) is 2.60. The molecule has 0 bridgehead atoms. The van der Waals surface area contributed by atoms with E-state index in [2.05, 4.69) is 4.37 Å². The first-order valence-electron chi connectivity index (χ1n) is 6.71. The van der Waals surface area contributed by atoms with Crippen LogP contribution in [0.5, 0.6) is 0 Å².